The van der Waals surface area contributed by atoms with Crippen molar-refractivity contribution in [3.05, 3.63) is 29.3 Å². The lowest BCUT2D eigenvalue weighted by Crippen LogP contribution is -2.58. The summed E-state index contributed by atoms with van der Waals surface area (Å²) >= 11 is 0. The van der Waals surface area contributed by atoms with Crippen LogP contribution in [0.25, 0.3) is 0 Å². The number of aliphatic hydroxyl groups excluding tert-OH is 1. The summed E-state index contributed by atoms with van der Waals surface area (Å²) in [5.74, 6) is -0.0809. The number of nitrogens with zero attached hydrogens (tertiary/aromatic N) is 2. The van der Waals surface area contributed by atoms with Gasteiger partial charge in [0.2, 0.25) is 5.91 Å². The number of carbonyl (C=O) groups is 2. The smallest absolute Gasteiger partial charge is 0.425 e. The van der Waals surface area contributed by atoms with Gasteiger partial charge in [-0.2, -0.15) is 5.26 Å². The van der Waals surface area contributed by atoms with Crippen molar-refractivity contribution in [1.82, 2.24) is 10.4 Å². The first-order chi connectivity index (χ1) is 11.2. The fraction of sp³-hybridized carbons (Fsp3) is 0.438. The van der Waals surface area contributed by atoms with E-state index < -0.39 is 29.7 Å². The van der Waals surface area contributed by atoms with E-state index in [-0.39, 0.29) is 0 Å². The molecule has 24 heavy (non-hydrogen) atoms. The molecule has 2 N–H and O–H groups in total. The molecule has 1 heterocycles. The minimum atomic E-state index is -1.15. The number of nitriles is 1. The molecule has 2 atom stereocenters. The van der Waals surface area contributed by atoms with Gasteiger partial charge >= 0.3 is 6.09 Å². The van der Waals surface area contributed by atoms with Crippen molar-refractivity contribution in [1.29, 1.82) is 5.26 Å². The number of benzene rings is 1. The van der Waals surface area contributed by atoms with E-state index in [0.717, 1.165) is 5.01 Å². The highest BCUT2D eigenvalue weighted by molar-refractivity contribution is 5.78. The lowest BCUT2D eigenvalue weighted by Gasteiger charge is -2.45. The number of methoxy groups -OCH3 is 1. The highest BCUT2D eigenvalue weighted by Gasteiger charge is 2.47. The number of nitrogens with one attached hydrogen (secondary N) is 1. The van der Waals surface area contributed by atoms with E-state index in [4.69, 9.17) is 10.00 Å². The quantitative estimate of drug-likeness (QED) is 0.748. The van der Waals surface area contributed by atoms with Crippen LogP contribution in [-0.2, 0) is 9.53 Å². The number of amides is 2. The summed E-state index contributed by atoms with van der Waals surface area (Å²) in [6.07, 6.45) is -2.00. The molecule has 0 bridgehead atoms. The molecule has 0 aromatic heterocycles. The summed E-state index contributed by atoms with van der Waals surface area (Å²) in [4.78, 5) is 23.6. The zero-order valence-corrected chi connectivity index (χ0v) is 13.9. The largest absolute Gasteiger partial charge is 0.485 e. The Morgan fingerprint density at radius 3 is 2.67 bits per heavy atom. The summed E-state index contributed by atoms with van der Waals surface area (Å²) in [6, 6.07) is 5.77. The first-order valence-electron chi connectivity index (χ1n) is 7.26. The second-order valence-electron chi connectivity index (χ2n) is 5.95. The molecule has 0 spiro atoms. The van der Waals surface area contributed by atoms with Crippen LogP contribution in [0, 0.1) is 11.3 Å². The van der Waals surface area contributed by atoms with Gasteiger partial charge in [0.05, 0.1) is 18.7 Å². The normalized spacial score (nSPS) is 20.8. The molecule has 2 amide bonds. The van der Waals surface area contributed by atoms with Crippen molar-refractivity contribution >= 4 is 12.0 Å². The number of ether oxygens (including phenoxy) is 2. The van der Waals surface area contributed by atoms with Crippen LogP contribution in [-0.4, -0.2) is 40.9 Å². The van der Waals surface area contributed by atoms with E-state index in [0.29, 0.717) is 16.9 Å². The maximum absolute atomic E-state index is 12.1. The second kappa shape index (κ2) is 6.37. The Bertz CT molecular complexity index is 710. The number of aliphatic hydroxyl groups is 1. The average molecular weight is 333 g/mol. The Labute approximate surface area is 139 Å². The molecule has 1 aromatic rings. The van der Waals surface area contributed by atoms with Crippen molar-refractivity contribution in [2.24, 2.45) is 0 Å². The van der Waals surface area contributed by atoms with Crippen molar-refractivity contribution in [3.63, 3.8) is 0 Å². The molecule has 2 rings (SSSR count). The van der Waals surface area contributed by atoms with E-state index in [1.165, 1.54) is 20.1 Å². The summed E-state index contributed by atoms with van der Waals surface area (Å²) in [7, 11) is 1.17. The monoisotopic (exact) mass is 333 g/mol. The number of hydrogen-bond acceptors (Lipinski definition) is 6. The van der Waals surface area contributed by atoms with Crippen molar-refractivity contribution in [2.75, 3.05) is 7.11 Å². The van der Waals surface area contributed by atoms with Gasteiger partial charge in [-0.3, -0.25) is 4.79 Å². The molecule has 1 aromatic carbocycles. The molecule has 0 unspecified atom stereocenters. The van der Waals surface area contributed by atoms with Crippen LogP contribution in [0.3, 0.4) is 0 Å². The molecule has 0 saturated carbocycles. The number of rotatable bonds is 1. The van der Waals surface area contributed by atoms with Gasteiger partial charge < -0.3 is 14.6 Å². The minimum Gasteiger partial charge on any atom is -0.485 e. The second-order valence-corrected chi connectivity index (χ2v) is 5.95. The Hall–Kier alpha value is -2.79. The zero-order valence-electron chi connectivity index (χ0n) is 13.9. The van der Waals surface area contributed by atoms with Gasteiger partial charge in [-0.25, -0.2) is 15.2 Å². The molecule has 0 fully saturated rings. The van der Waals surface area contributed by atoms with Crippen LogP contribution in [0.2, 0.25) is 0 Å². The fourth-order valence-electron chi connectivity index (χ4n) is 2.60. The van der Waals surface area contributed by atoms with Crippen molar-refractivity contribution in [2.45, 2.75) is 38.5 Å². The molecule has 8 heteroatoms. The predicted octanol–water partition coefficient (Wildman–Crippen LogP) is 1.25. The Morgan fingerprint density at radius 2 is 2.12 bits per heavy atom. The molecule has 0 saturated heterocycles. The van der Waals surface area contributed by atoms with Gasteiger partial charge in [0.1, 0.15) is 23.5 Å². The molecule has 8 nitrogen and oxygen atoms in total. The predicted molar refractivity (Wildman–Crippen MR) is 82.7 cm³/mol. The van der Waals surface area contributed by atoms with Gasteiger partial charge in [0.25, 0.3) is 0 Å². The SMILES string of the molecule is COC(=O)NN(C(C)=O)[C@H]1c2cc(C#N)ccc2OC(C)(C)[C@@H]1O. The molecular weight excluding hydrogens is 314 g/mol. The third-order valence-electron chi connectivity index (χ3n) is 3.86. The van der Waals surface area contributed by atoms with Crippen molar-refractivity contribution < 1.29 is 24.2 Å². The van der Waals surface area contributed by atoms with E-state index in [1.54, 1.807) is 26.0 Å². The van der Waals surface area contributed by atoms with Crippen LogP contribution < -0.4 is 10.2 Å². The van der Waals surface area contributed by atoms with E-state index in [1.807, 2.05) is 6.07 Å². The van der Waals surface area contributed by atoms with E-state index in [2.05, 4.69) is 10.2 Å². The topological polar surface area (TPSA) is 112 Å². The third kappa shape index (κ3) is 3.12. The zero-order chi connectivity index (χ0) is 18.1. The first-order valence-corrected chi connectivity index (χ1v) is 7.26. The molecule has 1 aliphatic rings. The van der Waals surface area contributed by atoms with Gasteiger partial charge in [-0.1, -0.05) is 0 Å². The van der Waals surface area contributed by atoms with E-state index in [9.17, 15) is 14.7 Å². The molecule has 1 aliphatic heterocycles. The number of hydrazine groups is 1. The number of hydrogen-bond donors (Lipinski definition) is 2. The summed E-state index contributed by atoms with van der Waals surface area (Å²) in [5, 5.41) is 20.8. The van der Waals surface area contributed by atoms with Gasteiger partial charge in [-0.05, 0) is 32.0 Å². The highest BCUT2D eigenvalue weighted by Crippen LogP contribution is 2.42. The number of carbonyl (C=O) groups excluding carboxylic acids is 2. The van der Waals surface area contributed by atoms with E-state index >= 15 is 0 Å². The maximum Gasteiger partial charge on any atom is 0.425 e. The molecule has 0 aliphatic carbocycles. The van der Waals surface area contributed by atoms with Crippen LogP contribution >= 0.6 is 0 Å². The molecule has 0 radical (unpaired) electrons. The summed E-state index contributed by atoms with van der Waals surface area (Å²) in [5.41, 5.74) is 2.06. The fourth-order valence-corrected chi connectivity index (χ4v) is 2.60. The van der Waals surface area contributed by atoms with Gasteiger partial charge in [0, 0.05) is 12.5 Å². The van der Waals surface area contributed by atoms with Crippen LogP contribution in [0.4, 0.5) is 4.79 Å². The molecular formula is C16H19N3O5. The lowest BCUT2D eigenvalue weighted by molar-refractivity contribution is -0.147. The van der Waals surface area contributed by atoms with Crippen LogP contribution in [0.15, 0.2) is 18.2 Å². The summed E-state index contributed by atoms with van der Waals surface area (Å²) < 4.78 is 10.3. The van der Waals surface area contributed by atoms with Gasteiger partial charge in [0.15, 0.2) is 0 Å². The lowest BCUT2D eigenvalue weighted by atomic mass is 9.85. The Balaban J connectivity index is 2.58. The first kappa shape index (κ1) is 17.6. The maximum atomic E-state index is 12.1. The summed E-state index contributed by atoms with van der Waals surface area (Å²) in [6.45, 7) is 4.59. The Kier molecular flexibility index (Phi) is 4.66. The number of fused-ring (bicyclic) bond motifs is 1. The average Bonchev–Trinajstić information content (AvgIpc) is 2.53. The van der Waals surface area contributed by atoms with Crippen molar-refractivity contribution in [3.8, 4) is 11.8 Å². The minimum absolute atomic E-state index is 0.343. The molecule has 128 valence electrons. The standard InChI is InChI=1S/C16H19N3O5/c1-9(20)19(18-15(22)23-4)13-11-7-10(8-17)5-6-12(11)24-16(2,3)14(13)21/h5-7,13-14,21H,1-4H3,(H,18,22)/t13-,14+/m0/s1. The van der Waals surface area contributed by atoms with Gasteiger partial charge in [-0.15, -0.1) is 0 Å². The van der Waals surface area contributed by atoms with Crippen LogP contribution in [0.5, 0.6) is 5.75 Å². The van der Waals surface area contributed by atoms with Crippen LogP contribution in [0.1, 0.15) is 37.9 Å². The third-order valence-corrected chi connectivity index (χ3v) is 3.86. The highest BCUT2D eigenvalue weighted by atomic mass is 16.5. The Morgan fingerprint density at radius 1 is 1.46 bits per heavy atom.